The molecule has 2 rings (SSSR count). The van der Waals surface area contributed by atoms with Crippen LogP contribution in [0.4, 0.5) is 0 Å². The van der Waals surface area contributed by atoms with Crippen molar-refractivity contribution in [3.63, 3.8) is 0 Å². The Bertz CT molecular complexity index is 426. The lowest BCUT2D eigenvalue weighted by Gasteiger charge is -2.33. The predicted molar refractivity (Wildman–Crippen MR) is 74.7 cm³/mol. The van der Waals surface area contributed by atoms with E-state index in [4.69, 9.17) is 10.2 Å². The van der Waals surface area contributed by atoms with E-state index in [9.17, 15) is 4.79 Å². The molecule has 1 aliphatic rings. The van der Waals surface area contributed by atoms with Crippen molar-refractivity contribution in [2.24, 2.45) is 17.6 Å². The zero-order chi connectivity index (χ0) is 13.8. The molecule has 1 aliphatic heterocycles. The van der Waals surface area contributed by atoms with Crippen LogP contribution in [0, 0.1) is 11.8 Å². The van der Waals surface area contributed by atoms with Gasteiger partial charge in [-0.05, 0) is 37.2 Å². The van der Waals surface area contributed by atoms with Crippen molar-refractivity contribution in [3.8, 4) is 0 Å². The first-order chi connectivity index (χ1) is 9.10. The van der Waals surface area contributed by atoms with Crippen LogP contribution in [0.25, 0.3) is 0 Å². The third-order valence-corrected chi connectivity index (χ3v) is 3.71. The Kier molecular flexibility index (Phi) is 4.64. The molecule has 1 aromatic rings. The highest BCUT2D eigenvalue weighted by Crippen LogP contribution is 2.24. The predicted octanol–water partition coefficient (Wildman–Crippen LogP) is 2.64. The Labute approximate surface area is 114 Å². The number of likely N-dealkylation sites (tertiary alicyclic amines) is 1. The maximum absolute atomic E-state index is 12.4. The summed E-state index contributed by atoms with van der Waals surface area (Å²) in [6.07, 6.45) is 5.06. The number of rotatable bonds is 4. The van der Waals surface area contributed by atoms with E-state index < -0.39 is 0 Å². The fourth-order valence-electron chi connectivity index (χ4n) is 2.89. The highest BCUT2D eigenvalue weighted by Gasteiger charge is 2.25. The number of nitrogens with two attached hydrogens (primary N) is 1. The van der Waals surface area contributed by atoms with Crippen LogP contribution in [0.5, 0.6) is 0 Å². The lowest BCUT2D eigenvalue weighted by molar-refractivity contribution is 0.0659. The third-order valence-electron chi connectivity index (χ3n) is 3.71. The van der Waals surface area contributed by atoms with Crippen LogP contribution in [-0.4, -0.2) is 23.9 Å². The summed E-state index contributed by atoms with van der Waals surface area (Å²) in [5, 5.41) is 0. The standard InChI is InChI=1S/C15H24N2O2/c1-11(2)6-12-4-3-5-17(9-12)15(18)13-7-14(8-16)19-10-13/h7,10-12H,3-6,8-9,16H2,1-2H3. The quantitative estimate of drug-likeness (QED) is 0.909. The second kappa shape index (κ2) is 6.24. The van der Waals surface area contributed by atoms with Gasteiger partial charge >= 0.3 is 0 Å². The van der Waals surface area contributed by atoms with E-state index in [1.54, 1.807) is 6.07 Å². The molecule has 0 aliphatic carbocycles. The molecule has 1 unspecified atom stereocenters. The van der Waals surface area contributed by atoms with E-state index in [0.717, 1.165) is 19.5 Å². The molecule has 0 aromatic carbocycles. The molecule has 1 saturated heterocycles. The lowest BCUT2D eigenvalue weighted by atomic mass is 9.89. The van der Waals surface area contributed by atoms with Crippen molar-refractivity contribution in [1.29, 1.82) is 0 Å². The summed E-state index contributed by atoms with van der Waals surface area (Å²) in [7, 11) is 0. The minimum Gasteiger partial charge on any atom is -0.467 e. The molecule has 1 atom stereocenters. The largest absolute Gasteiger partial charge is 0.467 e. The van der Waals surface area contributed by atoms with Crippen molar-refractivity contribution < 1.29 is 9.21 Å². The van der Waals surface area contributed by atoms with E-state index in [2.05, 4.69) is 13.8 Å². The highest BCUT2D eigenvalue weighted by atomic mass is 16.3. The molecule has 0 spiro atoms. The Morgan fingerprint density at radius 3 is 3.00 bits per heavy atom. The zero-order valence-corrected chi connectivity index (χ0v) is 11.9. The normalized spacial score (nSPS) is 20.0. The second-order valence-electron chi connectivity index (χ2n) is 5.89. The van der Waals surface area contributed by atoms with Gasteiger partial charge < -0.3 is 15.1 Å². The number of amides is 1. The summed E-state index contributed by atoms with van der Waals surface area (Å²) in [6.45, 7) is 6.55. The molecule has 2 heterocycles. The number of carbonyl (C=O) groups excluding carboxylic acids is 1. The molecule has 106 valence electrons. The van der Waals surface area contributed by atoms with Crippen LogP contribution in [0.1, 0.15) is 49.2 Å². The molecule has 1 fully saturated rings. The Balaban J connectivity index is 1.98. The van der Waals surface area contributed by atoms with Crippen LogP contribution in [0.2, 0.25) is 0 Å². The number of nitrogens with zero attached hydrogens (tertiary/aromatic N) is 1. The van der Waals surface area contributed by atoms with Gasteiger partial charge in [0.25, 0.3) is 5.91 Å². The van der Waals surface area contributed by atoms with Crippen molar-refractivity contribution in [2.45, 2.75) is 39.7 Å². The van der Waals surface area contributed by atoms with Crippen LogP contribution in [-0.2, 0) is 6.54 Å². The first-order valence-corrected chi connectivity index (χ1v) is 7.17. The Morgan fingerprint density at radius 1 is 1.58 bits per heavy atom. The first-order valence-electron chi connectivity index (χ1n) is 7.17. The molecule has 1 amide bonds. The number of piperidine rings is 1. The van der Waals surface area contributed by atoms with Gasteiger partial charge in [0.05, 0.1) is 12.1 Å². The number of furan rings is 1. The number of hydrogen-bond donors (Lipinski definition) is 1. The van der Waals surface area contributed by atoms with Crippen LogP contribution >= 0.6 is 0 Å². The topological polar surface area (TPSA) is 59.5 Å². The maximum Gasteiger partial charge on any atom is 0.257 e. The van der Waals surface area contributed by atoms with Gasteiger partial charge in [-0.25, -0.2) is 0 Å². The summed E-state index contributed by atoms with van der Waals surface area (Å²) < 4.78 is 5.24. The minimum atomic E-state index is 0.0805. The molecule has 4 nitrogen and oxygen atoms in total. The van der Waals surface area contributed by atoms with Crippen molar-refractivity contribution in [2.75, 3.05) is 13.1 Å². The van der Waals surface area contributed by atoms with Gasteiger partial charge in [-0.2, -0.15) is 0 Å². The van der Waals surface area contributed by atoms with Gasteiger partial charge in [0.15, 0.2) is 0 Å². The third kappa shape index (κ3) is 3.60. The molecular weight excluding hydrogens is 240 g/mol. The van der Waals surface area contributed by atoms with Crippen molar-refractivity contribution >= 4 is 5.91 Å². The van der Waals surface area contributed by atoms with Crippen LogP contribution in [0.3, 0.4) is 0 Å². The van der Waals surface area contributed by atoms with Crippen molar-refractivity contribution in [3.05, 3.63) is 23.7 Å². The molecule has 2 N–H and O–H groups in total. The van der Waals surface area contributed by atoms with Crippen LogP contribution in [0.15, 0.2) is 16.7 Å². The smallest absolute Gasteiger partial charge is 0.257 e. The molecular formula is C15H24N2O2. The van der Waals surface area contributed by atoms with E-state index >= 15 is 0 Å². The number of carbonyl (C=O) groups is 1. The lowest BCUT2D eigenvalue weighted by Crippen LogP contribution is -2.40. The minimum absolute atomic E-state index is 0.0805. The average molecular weight is 264 g/mol. The summed E-state index contributed by atoms with van der Waals surface area (Å²) in [4.78, 5) is 14.3. The average Bonchev–Trinajstić information content (AvgIpc) is 2.86. The summed E-state index contributed by atoms with van der Waals surface area (Å²) in [5.74, 6) is 2.08. The van der Waals surface area contributed by atoms with E-state index in [0.29, 0.717) is 29.7 Å². The van der Waals surface area contributed by atoms with Gasteiger partial charge in [-0.3, -0.25) is 4.79 Å². The van der Waals surface area contributed by atoms with Gasteiger partial charge in [0, 0.05) is 13.1 Å². The van der Waals surface area contributed by atoms with Gasteiger partial charge in [0.1, 0.15) is 12.0 Å². The molecule has 1 aromatic heterocycles. The Hall–Kier alpha value is -1.29. The van der Waals surface area contributed by atoms with Crippen LogP contribution < -0.4 is 5.73 Å². The van der Waals surface area contributed by atoms with E-state index in [1.807, 2.05) is 4.90 Å². The van der Waals surface area contributed by atoms with Gasteiger partial charge in [-0.1, -0.05) is 13.8 Å². The zero-order valence-electron chi connectivity index (χ0n) is 11.9. The number of hydrogen-bond acceptors (Lipinski definition) is 3. The summed E-state index contributed by atoms with van der Waals surface area (Å²) >= 11 is 0. The maximum atomic E-state index is 12.4. The molecule has 4 heteroatoms. The Morgan fingerprint density at radius 2 is 2.37 bits per heavy atom. The van der Waals surface area contributed by atoms with Gasteiger partial charge in [0.2, 0.25) is 0 Å². The van der Waals surface area contributed by atoms with Gasteiger partial charge in [-0.15, -0.1) is 0 Å². The fraction of sp³-hybridized carbons (Fsp3) is 0.667. The van der Waals surface area contributed by atoms with Crippen molar-refractivity contribution in [1.82, 2.24) is 4.90 Å². The monoisotopic (exact) mass is 264 g/mol. The summed E-state index contributed by atoms with van der Waals surface area (Å²) in [5.41, 5.74) is 6.13. The molecule has 0 radical (unpaired) electrons. The van der Waals surface area contributed by atoms with E-state index in [1.165, 1.54) is 19.1 Å². The van der Waals surface area contributed by atoms with E-state index in [-0.39, 0.29) is 5.91 Å². The molecule has 0 saturated carbocycles. The summed E-state index contributed by atoms with van der Waals surface area (Å²) in [6, 6.07) is 1.76. The highest BCUT2D eigenvalue weighted by molar-refractivity contribution is 5.94. The molecule has 19 heavy (non-hydrogen) atoms. The first kappa shape index (κ1) is 14.1. The second-order valence-corrected chi connectivity index (χ2v) is 5.89. The fourth-order valence-corrected chi connectivity index (χ4v) is 2.89. The molecule has 0 bridgehead atoms. The SMILES string of the molecule is CC(C)CC1CCCN(C(=O)c2coc(CN)c2)C1.